The highest BCUT2D eigenvalue weighted by molar-refractivity contribution is 6.33. The van der Waals surface area contributed by atoms with Crippen molar-refractivity contribution in [2.24, 2.45) is 0 Å². The molecule has 164 valence electrons. The summed E-state index contributed by atoms with van der Waals surface area (Å²) in [4.78, 5) is 36.4. The van der Waals surface area contributed by atoms with E-state index in [1.807, 2.05) is 0 Å². The molecular formula is C22H28ClNO6. The standard InChI is InChI=1S/C22H28ClNO6/c1-6-8-9-13-10-19(25)28-17-12-18(15(23)11-14(13)17)29-20(26)16(7-2)24-21(27)30-22(3,4)5/h10-12,16H,6-9H2,1-5H3,(H,24,27)/t16-/m0/s1. The van der Waals surface area contributed by atoms with Crippen molar-refractivity contribution in [2.75, 3.05) is 0 Å². The van der Waals surface area contributed by atoms with Gasteiger partial charge in [-0.15, -0.1) is 0 Å². The summed E-state index contributed by atoms with van der Waals surface area (Å²) in [6.07, 6.45) is 2.18. The van der Waals surface area contributed by atoms with Gasteiger partial charge in [-0.05, 0) is 51.7 Å². The first-order valence-corrected chi connectivity index (χ1v) is 10.4. The maximum Gasteiger partial charge on any atom is 0.408 e. The molecule has 0 radical (unpaired) electrons. The third kappa shape index (κ3) is 6.49. The number of esters is 1. The second-order valence-electron chi connectivity index (χ2n) is 8.00. The van der Waals surface area contributed by atoms with Gasteiger partial charge in [-0.2, -0.15) is 0 Å². The maximum atomic E-state index is 12.6. The number of ether oxygens (including phenoxy) is 2. The largest absolute Gasteiger partial charge is 0.444 e. The Morgan fingerprint density at radius 1 is 1.20 bits per heavy atom. The van der Waals surface area contributed by atoms with Gasteiger partial charge in [0, 0.05) is 17.5 Å². The second kappa shape index (κ2) is 9.98. The molecule has 8 heteroatoms. The van der Waals surface area contributed by atoms with Crippen LogP contribution in [0.25, 0.3) is 11.0 Å². The van der Waals surface area contributed by atoms with Crippen LogP contribution in [0.1, 0.15) is 59.4 Å². The monoisotopic (exact) mass is 437 g/mol. The van der Waals surface area contributed by atoms with Crippen molar-refractivity contribution in [3.8, 4) is 5.75 Å². The minimum atomic E-state index is -0.922. The van der Waals surface area contributed by atoms with Crippen molar-refractivity contribution < 1.29 is 23.5 Å². The highest BCUT2D eigenvalue weighted by Gasteiger charge is 2.25. The van der Waals surface area contributed by atoms with Gasteiger partial charge >= 0.3 is 17.7 Å². The summed E-state index contributed by atoms with van der Waals surface area (Å²) < 4.78 is 15.8. The van der Waals surface area contributed by atoms with Crippen LogP contribution >= 0.6 is 11.6 Å². The molecule has 0 spiro atoms. The number of nitrogens with one attached hydrogen (secondary N) is 1. The van der Waals surface area contributed by atoms with E-state index in [2.05, 4.69) is 12.2 Å². The van der Waals surface area contributed by atoms with E-state index in [0.29, 0.717) is 18.2 Å². The number of carbonyl (C=O) groups is 2. The Bertz CT molecular complexity index is 976. The molecule has 1 aromatic carbocycles. The number of aryl methyl sites for hydroxylation is 1. The van der Waals surface area contributed by atoms with E-state index in [0.717, 1.165) is 18.4 Å². The number of rotatable bonds is 7. The topological polar surface area (TPSA) is 94.8 Å². The van der Waals surface area contributed by atoms with E-state index in [-0.39, 0.29) is 16.4 Å². The summed E-state index contributed by atoms with van der Waals surface area (Å²) in [6, 6.07) is 3.58. The Kier molecular flexibility index (Phi) is 7.89. The highest BCUT2D eigenvalue weighted by atomic mass is 35.5. The van der Waals surface area contributed by atoms with Crippen LogP contribution in [0.5, 0.6) is 5.75 Å². The molecule has 1 heterocycles. The molecule has 2 aromatic rings. The number of benzene rings is 1. The number of alkyl carbamates (subject to hydrolysis) is 1. The van der Waals surface area contributed by atoms with Gasteiger partial charge in [0.05, 0.1) is 5.02 Å². The van der Waals surface area contributed by atoms with Gasteiger partial charge in [-0.25, -0.2) is 14.4 Å². The fourth-order valence-electron chi connectivity index (χ4n) is 2.84. The first-order valence-electron chi connectivity index (χ1n) is 10.0. The fourth-order valence-corrected chi connectivity index (χ4v) is 3.04. The maximum absolute atomic E-state index is 12.6. The molecule has 0 unspecified atom stereocenters. The Morgan fingerprint density at radius 2 is 1.90 bits per heavy atom. The predicted octanol–water partition coefficient (Wildman–Crippen LogP) is 5.00. The van der Waals surface area contributed by atoms with Crippen molar-refractivity contribution in [1.82, 2.24) is 5.32 Å². The highest BCUT2D eigenvalue weighted by Crippen LogP contribution is 2.32. The molecule has 1 aromatic heterocycles. The number of unbranched alkanes of at least 4 members (excludes halogenated alkanes) is 1. The lowest BCUT2D eigenvalue weighted by atomic mass is 10.0. The summed E-state index contributed by atoms with van der Waals surface area (Å²) in [5, 5.41) is 3.39. The molecule has 2 rings (SSSR count). The minimum absolute atomic E-state index is 0.0504. The summed E-state index contributed by atoms with van der Waals surface area (Å²) in [7, 11) is 0. The summed E-state index contributed by atoms with van der Waals surface area (Å²) in [6.45, 7) is 8.97. The van der Waals surface area contributed by atoms with Crippen molar-refractivity contribution in [1.29, 1.82) is 0 Å². The molecule has 0 saturated carbocycles. The van der Waals surface area contributed by atoms with Crippen LogP contribution in [-0.2, 0) is 16.0 Å². The number of halogens is 1. The molecule has 0 aliphatic heterocycles. The summed E-state index contributed by atoms with van der Waals surface area (Å²) in [5.41, 5.74) is -0.0536. The van der Waals surface area contributed by atoms with E-state index in [1.54, 1.807) is 33.8 Å². The average Bonchev–Trinajstić information content (AvgIpc) is 2.63. The van der Waals surface area contributed by atoms with E-state index in [4.69, 9.17) is 25.5 Å². The van der Waals surface area contributed by atoms with Crippen LogP contribution in [-0.4, -0.2) is 23.7 Å². The van der Waals surface area contributed by atoms with Crippen LogP contribution in [0, 0.1) is 0 Å². The van der Waals surface area contributed by atoms with E-state index in [9.17, 15) is 14.4 Å². The fraction of sp³-hybridized carbons (Fsp3) is 0.500. The Labute approximate surface area is 180 Å². The molecule has 0 fully saturated rings. The zero-order chi connectivity index (χ0) is 22.5. The van der Waals surface area contributed by atoms with Gasteiger partial charge in [0.1, 0.15) is 17.2 Å². The quantitative estimate of drug-likeness (QED) is 0.372. The van der Waals surface area contributed by atoms with Gasteiger partial charge in [-0.3, -0.25) is 0 Å². The van der Waals surface area contributed by atoms with E-state index < -0.39 is 29.3 Å². The first kappa shape index (κ1) is 23.7. The molecular weight excluding hydrogens is 410 g/mol. The lowest BCUT2D eigenvalue weighted by Crippen LogP contribution is -2.44. The first-order chi connectivity index (χ1) is 14.0. The van der Waals surface area contributed by atoms with Gasteiger partial charge < -0.3 is 19.2 Å². The Hall–Kier alpha value is -2.54. The Balaban J connectivity index is 2.25. The SMILES string of the molecule is CCCCc1cc(=O)oc2cc(OC(=O)[C@H](CC)NC(=O)OC(C)(C)C)c(Cl)cc12. The van der Waals surface area contributed by atoms with Gasteiger partial charge in [0.15, 0.2) is 5.75 Å². The molecule has 0 saturated heterocycles. The number of fused-ring (bicyclic) bond motifs is 1. The van der Waals surface area contributed by atoms with Gasteiger partial charge in [-0.1, -0.05) is 31.9 Å². The van der Waals surface area contributed by atoms with E-state index >= 15 is 0 Å². The van der Waals surface area contributed by atoms with Crippen molar-refractivity contribution in [3.63, 3.8) is 0 Å². The zero-order valence-corrected chi connectivity index (χ0v) is 18.7. The molecule has 0 bridgehead atoms. The minimum Gasteiger partial charge on any atom is -0.444 e. The van der Waals surface area contributed by atoms with E-state index in [1.165, 1.54) is 12.1 Å². The molecule has 0 aliphatic carbocycles. The van der Waals surface area contributed by atoms with Gasteiger partial charge in [0.2, 0.25) is 0 Å². The molecule has 0 aliphatic rings. The third-order valence-electron chi connectivity index (χ3n) is 4.28. The summed E-state index contributed by atoms with van der Waals surface area (Å²) >= 11 is 6.32. The lowest BCUT2D eigenvalue weighted by molar-refractivity contribution is -0.136. The third-order valence-corrected chi connectivity index (χ3v) is 4.57. The normalized spacial score (nSPS) is 12.5. The van der Waals surface area contributed by atoms with Crippen molar-refractivity contribution in [3.05, 3.63) is 39.2 Å². The van der Waals surface area contributed by atoms with Crippen LogP contribution in [0.2, 0.25) is 5.02 Å². The molecule has 1 atom stereocenters. The second-order valence-corrected chi connectivity index (χ2v) is 8.41. The molecule has 30 heavy (non-hydrogen) atoms. The van der Waals surface area contributed by atoms with Crippen LogP contribution in [0.15, 0.2) is 27.4 Å². The number of amides is 1. The van der Waals surface area contributed by atoms with Crippen LogP contribution < -0.4 is 15.7 Å². The van der Waals surface area contributed by atoms with Crippen molar-refractivity contribution in [2.45, 2.75) is 71.9 Å². The van der Waals surface area contributed by atoms with Crippen LogP contribution in [0.4, 0.5) is 4.79 Å². The van der Waals surface area contributed by atoms with Crippen molar-refractivity contribution >= 4 is 34.6 Å². The molecule has 7 nitrogen and oxygen atoms in total. The Morgan fingerprint density at radius 3 is 2.50 bits per heavy atom. The average molecular weight is 438 g/mol. The lowest BCUT2D eigenvalue weighted by Gasteiger charge is -2.22. The zero-order valence-electron chi connectivity index (χ0n) is 18.0. The molecule has 1 N–H and O–H groups in total. The molecule has 1 amide bonds. The smallest absolute Gasteiger partial charge is 0.408 e. The number of hydrogen-bond donors (Lipinski definition) is 1. The number of carbonyl (C=O) groups excluding carboxylic acids is 2. The van der Waals surface area contributed by atoms with Crippen LogP contribution in [0.3, 0.4) is 0 Å². The summed E-state index contributed by atoms with van der Waals surface area (Å²) in [5.74, 6) is -0.650. The number of hydrogen-bond acceptors (Lipinski definition) is 6. The predicted molar refractivity (Wildman–Crippen MR) is 115 cm³/mol. The van der Waals surface area contributed by atoms with Gasteiger partial charge in [0.25, 0.3) is 0 Å².